The lowest BCUT2D eigenvalue weighted by atomic mass is 10.1. The summed E-state index contributed by atoms with van der Waals surface area (Å²) < 4.78 is 4.60. The Balaban J connectivity index is 1.92. The van der Waals surface area contributed by atoms with Gasteiger partial charge in [-0.15, -0.1) is 5.10 Å². The highest BCUT2D eigenvalue weighted by Crippen LogP contribution is 2.10. The fraction of sp³-hybridized carbons (Fsp3) is 0.786. The number of hydrogen-bond acceptors (Lipinski definition) is 6. The molecule has 0 saturated heterocycles. The van der Waals surface area contributed by atoms with Crippen LogP contribution in [-0.4, -0.2) is 39.3 Å². The van der Waals surface area contributed by atoms with E-state index in [1.165, 1.54) is 24.7 Å². The van der Waals surface area contributed by atoms with Crippen molar-refractivity contribution in [1.82, 2.24) is 20.2 Å². The predicted molar refractivity (Wildman–Crippen MR) is 84.6 cm³/mol. The quantitative estimate of drug-likeness (QED) is 0.446. The molecule has 1 aromatic rings. The number of primary amides is 1. The molecule has 1 aromatic heterocycles. The minimum atomic E-state index is -0.698. The van der Waals surface area contributed by atoms with Crippen LogP contribution in [0.3, 0.4) is 0 Å². The molecule has 0 spiro atoms. The van der Waals surface area contributed by atoms with Gasteiger partial charge in [-0.1, -0.05) is 43.6 Å². The first kappa shape index (κ1) is 18.9. The van der Waals surface area contributed by atoms with Crippen LogP contribution in [0.4, 0.5) is 10.7 Å². The molecule has 0 aromatic carbocycles. The number of rotatable bonds is 12. The molecule has 1 rings (SSSR count). The van der Waals surface area contributed by atoms with Crippen molar-refractivity contribution >= 4 is 17.9 Å². The van der Waals surface area contributed by atoms with E-state index in [0.717, 1.165) is 38.5 Å². The highest BCUT2D eigenvalue weighted by atomic mass is 16.5. The second kappa shape index (κ2) is 11.4. The molecular weight excluding hydrogens is 300 g/mol. The standard InChI is InChI=1S/C14H26N6O3/c1-23-12(21)10-8-6-4-2-3-5-7-9-11-20-18-14(17-19-20)16-13(15)22/h2-11H2,1H3,(H3,15,16,18,22). The summed E-state index contributed by atoms with van der Waals surface area (Å²) in [5, 5.41) is 13.8. The number of ether oxygens (including phenoxy) is 1. The molecule has 9 heteroatoms. The number of tetrazole rings is 1. The van der Waals surface area contributed by atoms with Crippen LogP contribution in [-0.2, 0) is 16.1 Å². The van der Waals surface area contributed by atoms with E-state index in [2.05, 4.69) is 25.5 Å². The fourth-order valence-corrected chi connectivity index (χ4v) is 2.18. The average molecular weight is 326 g/mol. The van der Waals surface area contributed by atoms with Crippen molar-refractivity contribution in [3.8, 4) is 0 Å². The van der Waals surface area contributed by atoms with Gasteiger partial charge in [-0.25, -0.2) is 4.79 Å². The number of anilines is 1. The van der Waals surface area contributed by atoms with E-state index in [-0.39, 0.29) is 11.9 Å². The Morgan fingerprint density at radius 2 is 1.70 bits per heavy atom. The van der Waals surface area contributed by atoms with Crippen LogP contribution in [0.5, 0.6) is 0 Å². The summed E-state index contributed by atoms with van der Waals surface area (Å²) >= 11 is 0. The molecule has 0 saturated carbocycles. The van der Waals surface area contributed by atoms with Gasteiger partial charge in [0.05, 0.1) is 13.7 Å². The van der Waals surface area contributed by atoms with Gasteiger partial charge >= 0.3 is 12.0 Å². The number of esters is 1. The number of aromatic nitrogens is 4. The minimum Gasteiger partial charge on any atom is -0.469 e. The van der Waals surface area contributed by atoms with Crippen LogP contribution in [0, 0.1) is 0 Å². The molecule has 0 radical (unpaired) electrons. The van der Waals surface area contributed by atoms with Gasteiger partial charge in [-0.2, -0.15) is 4.80 Å². The average Bonchev–Trinajstić information content (AvgIpc) is 2.95. The molecule has 0 unspecified atom stereocenters. The van der Waals surface area contributed by atoms with Crippen LogP contribution in [0.2, 0.25) is 0 Å². The van der Waals surface area contributed by atoms with Crippen molar-refractivity contribution < 1.29 is 14.3 Å². The number of methoxy groups -OCH3 is 1. The van der Waals surface area contributed by atoms with E-state index in [9.17, 15) is 9.59 Å². The Morgan fingerprint density at radius 3 is 2.30 bits per heavy atom. The molecule has 23 heavy (non-hydrogen) atoms. The van der Waals surface area contributed by atoms with Crippen LogP contribution in [0.25, 0.3) is 0 Å². The van der Waals surface area contributed by atoms with Crippen LogP contribution >= 0.6 is 0 Å². The summed E-state index contributed by atoms with van der Waals surface area (Å²) in [4.78, 5) is 23.0. The number of hydrogen-bond donors (Lipinski definition) is 2. The lowest BCUT2D eigenvalue weighted by Crippen LogP contribution is -2.20. The molecule has 2 amide bonds. The van der Waals surface area contributed by atoms with E-state index in [1.54, 1.807) is 0 Å². The summed E-state index contributed by atoms with van der Waals surface area (Å²) in [6, 6.07) is -0.698. The van der Waals surface area contributed by atoms with E-state index < -0.39 is 6.03 Å². The Kier molecular flexibility index (Phi) is 9.34. The Bertz CT molecular complexity index is 477. The summed E-state index contributed by atoms with van der Waals surface area (Å²) in [5.41, 5.74) is 4.96. The summed E-state index contributed by atoms with van der Waals surface area (Å²) in [6.07, 6.45) is 9.28. The number of nitrogens with one attached hydrogen (secondary N) is 1. The number of nitrogens with zero attached hydrogens (tertiary/aromatic N) is 4. The summed E-state index contributed by atoms with van der Waals surface area (Å²) in [7, 11) is 1.42. The number of aryl methyl sites for hydroxylation is 1. The van der Waals surface area contributed by atoms with Crippen molar-refractivity contribution in [2.24, 2.45) is 5.73 Å². The maximum Gasteiger partial charge on any atom is 0.319 e. The lowest BCUT2D eigenvalue weighted by Gasteiger charge is -2.02. The van der Waals surface area contributed by atoms with Crippen molar-refractivity contribution in [3.63, 3.8) is 0 Å². The van der Waals surface area contributed by atoms with Crippen LogP contribution < -0.4 is 11.1 Å². The molecule has 0 atom stereocenters. The number of carbonyl (C=O) groups excluding carboxylic acids is 2. The molecule has 0 bridgehead atoms. The molecule has 3 N–H and O–H groups in total. The fourth-order valence-electron chi connectivity index (χ4n) is 2.18. The van der Waals surface area contributed by atoms with Crippen molar-refractivity contribution in [2.45, 2.75) is 64.3 Å². The molecule has 9 nitrogen and oxygen atoms in total. The van der Waals surface area contributed by atoms with Gasteiger partial charge < -0.3 is 10.5 Å². The first-order valence-corrected chi connectivity index (χ1v) is 8.03. The Labute approximate surface area is 135 Å². The summed E-state index contributed by atoms with van der Waals surface area (Å²) in [6.45, 7) is 0.673. The van der Waals surface area contributed by atoms with Crippen molar-refractivity contribution in [2.75, 3.05) is 12.4 Å². The highest BCUT2D eigenvalue weighted by Gasteiger charge is 2.04. The SMILES string of the molecule is COC(=O)CCCCCCCCCCn1nnc(NC(N)=O)n1. The van der Waals surface area contributed by atoms with Gasteiger partial charge in [-0.05, 0) is 18.1 Å². The number of urea groups is 1. The molecular formula is C14H26N6O3. The Hall–Kier alpha value is -2.19. The minimum absolute atomic E-state index is 0.124. The third-order valence-electron chi connectivity index (χ3n) is 3.40. The van der Waals surface area contributed by atoms with Gasteiger partial charge in [0.2, 0.25) is 0 Å². The number of unbranched alkanes of at least 4 members (excludes halogenated alkanes) is 7. The zero-order chi connectivity index (χ0) is 16.9. The number of amides is 2. The lowest BCUT2D eigenvalue weighted by molar-refractivity contribution is -0.140. The third kappa shape index (κ3) is 9.43. The molecule has 1 heterocycles. The van der Waals surface area contributed by atoms with Crippen molar-refractivity contribution in [1.29, 1.82) is 0 Å². The molecule has 0 aliphatic rings. The monoisotopic (exact) mass is 326 g/mol. The number of nitrogens with two attached hydrogens (primary N) is 1. The Morgan fingerprint density at radius 1 is 1.09 bits per heavy atom. The van der Waals surface area contributed by atoms with Crippen LogP contribution in [0.1, 0.15) is 57.8 Å². The molecule has 0 aliphatic heterocycles. The molecule has 130 valence electrons. The van der Waals surface area contributed by atoms with E-state index >= 15 is 0 Å². The number of carbonyl (C=O) groups is 2. The summed E-state index contributed by atoms with van der Waals surface area (Å²) in [5.74, 6) is 0.00496. The zero-order valence-electron chi connectivity index (χ0n) is 13.7. The first-order chi connectivity index (χ1) is 11.1. The second-order valence-electron chi connectivity index (χ2n) is 5.35. The predicted octanol–water partition coefficient (Wildman–Crippen LogP) is 1.85. The van der Waals surface area contributed by atoms with E-state index in [1.807, 2.05) is 0 Å². The van der Waals surface area contributed by atoms with E-state index in [0.29, 0.717) is 13.0 Å². The smallest absolute Gasteiger partial charge is 0.319 e. The maximum atomic E-state index is 10.9. The molecule has 0 aliphatic carbocycles. The topological polar surface area (TPSA) is 125 Å². The second-order valence-corrected chi connectivity index (χ2v) is 5.35. The van der Waals surface area contributed by atoms with Gasteiger partial charge in [0.25, 0.3) is 5.95 Å². The van der Waals surface area contributed by atoms with Gasteiger partial charge in [0.15, 0.2) is 0 Å². The highest BCUT2D eigenvalue weighted by molar-refractivity contribution is 5.85. The van der Waals surface area contributed by atoms with Gasteiger partial charge in [-0.3, -0.25) is 10.1 Å². The first-order valence-electron chi connectivity index (χ1n) is 8.03. The van der Waals surface area contributed by atoms with E-state index in [4.69, 9.17) is 5.73 Å². The van der Waals surface area contributed by atoms with Gasteiger partial charge in [0, 0.05) is 6.42 Å². The molecule has 0 fully saturated rings. The largest absolute Gasteiger partial charge is 0.469 e. The third-order valence-corrected chi connectivity index (χ3v) is 3.40. The van der Waals surface area contributed by atoms with Crippen LogP contribution in [0.15, 0.2) is 0 Å². The van der Waals surface area contributed by atoms with Gasteiger partial charge in [0.1, 0.15) is 0 Å². The maximum absolute atomic E-state index is 10.9. The zero-order valence-corrected chi connectivity index (χ0v) is 13.7. The van der Waals surface area contributed by atoms with Crippen molar-refractivity contribution in [3.05, 3.63) is 0 Å². The normalized spacial score (nSPS) is 10.5.